The molecule has 0 spiro atoms. The van der Waals surface area contributed by atoms with Crippen LogP contribution in [0.3, 0.4) is 0 Å². The van der Waals surface area contributed by atoms with Crippen molar-refractivity contribution in [3.05, 3.63) is 69.7 Å². The zero-order valence-electron chi connectivity index (χ0n) is 14.6. The maximum absolute atomic E-state index is 13.0. The molecule has 1 saturated carbocycles. The van der Waals surface area contributed by atoms with Crippen molar-refractivity contribution in [1.82, 2.24) is 4.98 Å². The van der Waals surface area contributed by atoms with Crippen molar-refractivity contribution in [1.29, 1.82) is 0 Å². The molecule has 0 saturated heterocycles. The van der Waals surface area contributed by atoms with Gasteiger partial charge >= 0.3 is 142 Å². The molecule has 2 aromatic carbocycles. The molecule has 1 amide bonds. The monoisotopic (exact) mass is 525 g/mol. The zero-order valence-corrected chi connectivity index (χ0v) is 18.3. The minimum atomic E-state index is -0.713. The summed E-state index contributed by atoms with van der Waals surface area (Å²) in [5.41, 5.74) is 1.53. The van der Waals surface area contributed by atoms with Crippen LogP contribution in [0.15, 0.2) is 48.7 Å². The van der Waals surface area contributed by atoms with Gasteiger partial charge in [-0.15, -0.1) is 0 Å². The molecule has 0 radical (unpaired) electrons. The van der Waals surface area contributed by atoms with Crippen LogP contribution in [0.25, 0.3) is 0 Å². The van der Waals surface area contributed by atoms with Crippen LogP contribution in [-0.2, 0) is 16.6 Å². The molecule has 1 fully saturated rings. The first-order valence-corrected chi connectivity index (χ1v) is 11.7. The van der Waals surface area contributed by atoms with Gasteiger partial charge in [-0.1, -0.05) is 29.8 Å². The normalized spacial score (nSPS) is 16.3. The summed E-state index contributed by atoms with van der Waals surface area (Å²) in [6.07, 6.45) is 4.15. The molecular weight excluding hydrogens is 511 g/mol. The number of thiazole rings is 1. The Balaban J connectivity index is 1.31. The van der Waals surface area contributed by atoms with E-state index in [0.717, 1.165) is 45.4 Å². The Labute approximate surface area is 182 Å². The van der Waals surface area contributed by atoms with Gasteiger partial charge in [0.05, 0.1) is 0 Å². The number of halogens is 2. The zero-order chi connectivity index (χ0) is 19.1. The van der Waals surface area contributed by atoms with Crippen molar-refractivity contribution in [2.45, 2.75) is 24.7 Å². The number of hydrogen-bond acceptors (Lipinski definition) is 5. The van der Waals surface area contributed by atoms with Crippen molar-refractivity contribution < 1.29 is 33.0 Å². The van der Waals surface area contributed by atoms with Gasteiger partial charge in [0.1, 0.15) is 0 Å². The molecular formula is C20H15ClIN2O3S-. The molecule has 1 aliphatic heterocycles. The second-order valence-electron chi connectivity index (χ2n) is 6.81. The molecule has 1 aliphatic carbocycles. The second-order valence-corrected chi connectivity index (χ2v) is 9.58. The van der Waals surface area contributed by atoms with Gasteiger partial charge in [0.25, 0.3) is 0 Å². The van der Waals surface area contributed by atoms with E-state index in [1.165, 1.54) is 11.3 Å². The van der Waals surface area contributed by atoms with Crippen molar-refractivity contribution in [2.75, 3.05) is 5.32 Å². The Morgan fingerprint density at radius 2 is 2.04 bits per heavy atom. The molecule has 28 heavy (non-hydrogen) atoms. The minimum absolute atomic E-state index is 0.0142. The third kappa shape index (κ3) is 3.35. The second kappa shape index (κ2) is 7.20. The van der Waals surface area contributed by atoms with Crippen LogP contribution in [0.4, 0.5) is 5.13 Å². The van der Waals surface area contributed by atoms with Crippen LogP contribution in [0.1, 0.15) is 28.8 Å². The van der Waals surface area contributed by atoms with Gasteiger partial charge in [0, 0.05) is 5.02 Å². The molecule has 0 atom stereocenters. The van der Waals surface area contributed by atoms with E-state index in [1.807, 2.05) is 42.5 Å². The standard InChI is InChI=1S/C20H15ClIN2O3S/c21-15-4-2-1-3-12(15)9-14-11-23-19(28-14)24-18(25)20(7-8-20)13-5-6-16-17(10-13)27-22-26-16/h1-6,10-11H,7-9H2,(H,23,24,25)/q-1. The summed E-state index contributed by atoms with van der Waals surface area (Å²) >= 11 is 7.01. The van der Waals surface area contributed by atoms with Crippen LogP contribution in [0.5, 0.6) is 11.5 Å². The molecule has 1 aromatic heterocycles. The number of fused-ring (bicyclic) bond motifs is 1. The third-order valence-corrected chi connectivity index (χ3v) is 7.60. The number of carbonyl (C=O) groups excluding carboxylic acids is 1. The van der Waals surface area contributed by atoms with Crippen molar-refractivity contribution in [3.63, 3.8) is 0 Å². The van der Waals surface area contributed by atoms with E-state index < -0.39 is 27.4 Å². The first kappa shape index (κ1) is 18.2. The SMILES string of the molecule is O=C(Nc1ncc(Cc2ccccc2Cl)s1)C1(c2ccc3c(c2)O[I-]O3)CC1. The molecule has 0 bridgehead atoms. The Morgan fingerprint density at radius 1 is 1.21 bits per heavy atom. The predicted molar refractivity (Wildman–Crippen MR) is 104 cm³/mol. The molecule has 5 nitrogen and oxygen atoms in total. The van der Waals surface area contributed by atoms with Gasteiger partial charge in [-0.2, -0.15) is 0 Å². The number of anilines is 1. The van der Waals surface area contributed by atoms with Gasteiger partial charge in [-0.05, 0) is 6.07 Å². The summed E-state index contributed by atoms with van der Waals surface area (Å²) < 4.78 is 11.0. The quantitative estimate of drug-likeness (QED) is 0.516. The molecule has 8 heteroatoms. The van der Waals surface area contributed by atoms with E-state index in [2.05, 4.69) is 10.3 Å². The van der Waals surface area contributed by atoms with Gasteiger partial charge in [-0.25, -0.2) is 0 Å². The van der Waals surface area contributed by atoms with E-state index in [-0.39, 0.29) is 5.91 Å². The van der Waals surface area contributed by atoms with Crippen LogP contribution >= 0.6 is 22.9 Å². The van der Waals surface area contributed by atoms with E-state index in [4.69, 9.17) is 17.7 Å². The molecule has 5 rings (SSSR count). The Hall–Kier alpha value is -1.84. The van der Waals surface area contributed by atoms with Crippen molar-refractivity contribution in [2.24, 2.45) is 0 Å². The van der Waals surface area contributed by atoms with Crippen LogP contribution in [0.2, 0.25) is 5.02 Å². The first-order valence-electron chi connectivity index (χ1n) is 8.77. The van der Waals surface area contributed by atoms with E-state index in [1.54, 1.807) is 6.20 Å². The van der Waals surface area contributed by atoms with Gasteiger partial charge in [-0.3, -0.25) is 0 Å². The first-order chi connectivity index (χ1) is 13.6. The molecule has 2 heterocycles. The maximum atomic E-state index is 13.0. The molecule has 2 aliphatic rings. The summed E-state index contributed by atoms with van der Waals surface area (Å²) in [4.78, 5) is 18.4. The predicted octanol–water partition coefficient (Wildman–Crippen LogP) is 1.75. The number of hydrogen-bond donors (Lipinski definition) is 1. The van der Waals surface area contributed by atoms with Crippen LogP contribution in [0, 0.1) is 0 Å². The van der Waals surface area contributed by atoms with Crippen molar-refractivity contribution >= 4 is 34.0 Å². The topological polar surface area (TPSA) is 60.5 Å². The summed E-state index contributed by atoms with van der Waals surface area (Å²) in [6.45, 7) is 0. The fraction of sp³-hybridized carbons (Fsp3) is 0.200. The molecule has 144 valence electrons. The Kier molecular flexibility index (Phi) is 4.68. The van der Waals surface area contributed by atoms with Crippen molar-refractivity contribution in [3.8, 4) is 11.5 Å². The van der Waals surface area contributed by atoms with Gasteiger partial charge in [0.15, 0.2) is 0 Å². The number of benzene rings is 2. The Bertz CT molecular complexity index is 1070. The number of carbonyl (C=O) groups is 1. The summed E-state index contributed by atoms with van der Waals surface area (Å²) in [6, 6.07) is 13.6. The van der Waals surface area contributed by atoms with E-state index >= 15 is 0 Å². The summed E-state index contributed by atoms with van der Waals surface area (Å²) in [5.74, 6) is 1.51. The fourth-order valence-electron chi connectivity index (χ4n) is 3.28. The van der Waals surface area contributed by atoms with E-state index in [0.29, 0.717) is 11.6 Å². The average Bonchev–Trinajstić information content (AvgIpc) is 3.18. The number of amides is 1. The summed E-state index contributed by atoms with van der Waals surface area (Å²) in [7, 11) is 0. The molecule has 0 unspecified atom stereocenters. The van der Waals surface area contributed by atoms with Crippen LogP contribution < -0.4 is 33.5 Å². The number of aromatic nitrogens is 1. The Morgan fingerprint density at radius 3 is 2.86 bits per heavy atom. The van der Waals surface area contributed by atoms with Crippen LogP contribution in [-0.4, -0.2) is 10.9 Å². The van der Waals surface area contributed by atoms with E-state index in [9.17, 15) is 4.79 Å². The fourth-order valence-corrected chi connectivity index (χ4v) is 5.50. The third-order valence-electron chi connectivity index (χ3n) is 5.01. The summed E-state index contributed by atoms with van der Waals surface area (Å²) in [5, 5.41) is 4.36. The molecule has 3 aromatic rings. The number of nitrogens with zero attached hydrogens (tertiary/aromatic N) is 1. The number of nitrogens with one attached hydrogen (secondary N) is 1. The average molecular weight is 526 g/mol. The van der Waals surface area contributed by atoms with Gasteiger partial charge in [0.2, 0.25) is 0 Å². The number of rotatable bonds is 5. The molecule has 1 N–H and O–H groups in total. The van der Waals surface area contributed by atoms with Gasteiger partial charge < -0.3 is 0 Å².